The third-order valence-corrected chi connectivity index (χ3v) is 4.83. The molecule has 0 bridgehead atoms. The summed E-state index contributed by atoms with van der Waals surface area (Å²) >= 11 is 0. The van der Waals surface area contributed by atoms with Gasteiger partial charge in [0.1, 0.15) is 0 Å². The van der Waals surface area contributed by atoms with Crippen LogP contribution in [0.3, 0.4) is 0 Å². The van der Waals surface area contributed by atoms with Crippen molar-refractivity contribution in [1.82, 2.24) is 10.3 Å². The highest BCUT2D eigenvalue weighted by Gasteiger charge is 2.30. The second-order valence-electron chi connectivity index (χ2n) is 6.66. The van der Waals surface area contributed by atoms with Gasteiger partial charge in [0.05, 0.1) is 31.5 Å². The minimum absolute atomic E-state index is 0.416. The van der Waals surface area contributed by atoms with Gasteiger partial charge in [-0.2, -0.15) is 0 Å². The minimum atomic E-state index is 0.416. The van der Waals surface area contributed by atoms with Gasteiger partial charge in [-0.3, -0.25) is 9.89 Å². The van der Waals surface area contributed by atoms with Crippen molar-refractivity contribution >= 4 is 11.6 Å². The Kier molecular flexibility index (Phi) is 7.83. The largest absolute Gasteiger partial charge is 0.375 e. The number of benzene rings is 1. The highest BCUT2D eigenvalue weighted by molar-refractivity contribution is 5.78. The molecule has 1 unspecified atom stereocenters. The Balaban J connectivity index is 2.17. The van der Waals surface area contributed by atoms with Crippen LogP contribution in [-0.4, -0.2) is 41.7 Å². The average Bonchev–Trinajstić information content (AvgIpc) is 2.65. The second kappa shape index (κ2) is 10.1. The van der Waals surface area contributed by atoms with Gasteiger partial charge < -0.3 is 0 Å². The Morgan fingerprint density at radius 1 is 1.08 bits per heavy atom. The van der Waals surface area contributed by atoms with Gasteiger partial charge in [-0.25, -0.2) is 5.01 Å². The van der Waals surface area contributed by atoms with Crippen molar-refractivity contribution in [2.75, 3.05) is 25.1 Å². The van der Waals surface area contributed by atoms with E-state index in [0.717, 1.165) is 19.0 Å². The van der Waals surface area contributed by atoms with Crippen molar-refractivity contribution in [1.29, 1.82) is 0 Å². The Bertz CT molecular complexity index is 565. The van der Waals surface area contributed by atoms with Crippen molar-refractivity contribution in [3.8, 4) is 0 Å². The van der Waals surface area contributed by atoms with E-state index in [2.05, 4.69) is 83.3 Å². The summed E-state index contributed by atoms with van der Waals surface area (Å²) in [6.45, 7) is 8.74. The number of nitrogens with one attached hydrogen (secondary N) is 1. The molecule has 0 saturated carbocycles. The third-order valence-electron chi connectivity index (χ3n) is 4.83. The van der Waals surface area contributed by atoms with Crippen LogP contribution in [0.5, 0.6) is 0 Å². The van der Waals surface area contributed by atoms with Gasteiger partial charge in [-0.05, 0) is 38.5 Å². The van der Waals surface area contributed by atoms with Gasteiger partial charge in [-0.1, -0.05) is 50.8 Å². The molecule has 25 heavy (non-hydrogen) atoms. The number of nitrogens with zero attached hydrogens (tertiary/aromatic N) is 3. The first-order valence-electron chi connectivity index (χ1n) is 9.84. The Morgan fingerprint density at radius 2 is 1.80 bits per heavy atom. The number of hydrazine groups is 1. The first-order chi connectivity index (χ1) is 12.2. The fourth-order valence-electron chi connectivity index (χ4n) is 3.41. The third kappa shape index (κ3) is 5.00. The Morgan fingerprint density at radius 3 is 2.44 bits per heavy atom. The van der Waals surface area contributed by atoms with Crippen LogP contribution >= 0.6 is 0 Å². The molecule has 0 amide bonds. The summed E-state index contributed by atoms with van der Waals surface area (Å²) in [7, 11) is 2.02. The van der Waals surface area contributed by atoms with Crippen molar-refractivity contribution < 1.29 is 4.58 Å². The quantitative estimate of drug-likeness (QED) is 0.536. The molecule has 0 radical (unpaired) electrons. The van der Waals surface area contributed by atoms with Crippen molar-refractivity contribution in [2.24, 2.45) is 0 Å². The SMILES string of the molecule is CCCCCCC[N+]1=C(NC)N(N(CC)c2ccccc2)C=CC1C. The molecular formula is C21H35N4+. The van der Waals surface area contributed by atoms with Crippen LogP contribution in [0.15, 0.2) is 42.6 Å². The molecule has 0 fully saturated rings. The smallest absolute Gasteiger partial charge is 0.278 e. The van der Waals surface area contributed by atoms with Crippen LogP contribution in [0, 0.1) is 0 Å². The number of anilines is 1. The number of hydrogen-bond donors (Lipinski definition) is 1. The number of guanidine groups is 1. The summed E-state index contributed by atoms with van der Waals surface area (Å²) in [5.74, 6) is 1.16. The van der Waals surface area contributed by atoms with Crippen molar-refractivity contribution in [3.05, 3.63) is 42.6 Å². The Labute approximate surface area is 153 Å². The lowest BCUT2D eigenvalue weighted by Gasteiger charge is -2.34. The zero-order valence-electron chi connectivity index (χ0n) is 16.4. The highest BCUT2D eigenvalue weighted by Crippen LogP contribution is 2.19. The summed E-state index contributed by atoms with van der Waals surface area (Å²) in [6, 6.07) is 11.0. The van der Waals surface area contributed by atoms with Gasteiger partial charge in [0.25, 0.3) is 0 Å². The average molecular weight is 344 g/mol. The monoisotopic (exact) mass is 343 g/mol. The maximum atomic E-state index is 3.45. The molecule has 138 valence electrons. The van der Waals surface area contributed by atoms with E-state index in [1.54, 1.807) is 0 Å². The van der Waals surface area contributed by atoms with Crippen molar-refractivity contribution in [3.63, 3.8) is 0 Å². The van der Waals surface area contributed by atoms with Crippen LogP contribution < -0.4 is 10.3 Å². The molecule has 1 aliphatic rings. The number of para-hydroxylation sites is 1. The number of hydrogen-bond acceptors (Lipinski definition) is 3. The molecule has 1 heterocycles. The van der Waals surface area contributed by atoms with Crippen LogP contribution in [0.1, 0.15) is 52.9 Å². The van der Waals surface area contributed by atoms with E-state index in [9.17, 15) is 0 Å². The summed E-state index contributed by atoms with van der Waals surface area (Å²) in [5.41, 5.74) is 1.21. The molecule has 1 atom stereocenters. The molecule has 1 aromatic rings. The lowest BCUT2D eigenvalue weighted by molar-refractivity contribution is -0.559. The molecule has 0 spiro atoms. The van der Waals surface area contributed by atoms with Crippen LogP contribution in [0.2, 0.25) is 0 Å². The molecular weight excluding hydrogens is 308 g/mol. The summed E-state index contributed by atoms with van der Waals surface area (Å²) in [6.07, 6.45) is 11.0. The normalized spacial score (nSPS) is 17.1. The topological polar surface area (TPSA) is 21.5 Å². The lowest BCUT2D eigenvalue weighted by Crippen LogP contribution is -2.55. The van der Waals surface area contributed by atoms with Gasteiger partial charge in [0, 0.05) is 6.54 Å². The van der Waals surface area contributed by atoms with Gasteiger partial charge in [-0.15, -0.1) is 5.01 Å². The first kappa shape index (κ1) is 19.4. The minimum Gasteiger partial charge on any atom is -0.278 e. The number of rotatable bonds is 9. The zero-order chi connectivity index (χ0) is 18.1. The first-order valence-corrected chi connectivity index (χ1v) is 9.84. The summed E-state index contributed by atoms with van der Waals surface area (Å²) < 4.78 is 2.48. The predicted molar refractivity (Wildman–Crippen MR) is 108 cm³/mol. The van der Waals surface area contributed by atoms with E-state index in [-0.39, 0.29) is 0 Å². The molecule has 0 saturated heterocycles. The van der Waals surface area contributed by atoms with Crippen LogP contribution in [-0.2, 0) is 0 Å². The van der Waals surface area contributed by atoms with E-state index in [1.807, 2.05) is 7.05 Å². The van der Waals surface area contributed by atoms with E-state index in [1.165, 1.54) is 37.8 Å². The van der Waals surface area contributed by atoms with E-state index in [0.29, 0.717) is 6.04 Å². The van der Waals surface area contributed by atoms with E-state index < -0.39 is 0 Å². The van der Waals surface area contributed by atoms with Crippen LogP contribution in [0.25, 0.3) is 0 Å². The Hall–Kier alpha value is -1.97. The van der Waals surface area contributed by atoms with E-state index >= 15 is 0 Å². The summed E-state index contributed by atoms with van der Waals surface area (Å²) in [5, 5.41) is 8.00. The highest BCUT2D eigenvalue weighted by atomic mass is 15.7. The molecule has 1 aliphatic heterocycles. The fourth-order valence-corrected chi connectivity index (χ4v) is 3.41. The molecule has 1 N–H and O–H groups in total. The fraction of sp³-hybridized carbons (Fsp3) is 0.571. The zero-order valence-corrected chi connectivity index (χ0v) is 16.4. The molecule has 2 rings (SSSR count). The molecule has 4 nitrogen and oxygen atoms in total. The van der Waals surface area contributed by atoms with Crippen LogP contribution in [0.4, 0.5) is 5.69 Å². The standard InChI is InChI=1S/C21H34N4/c1-5-7-8-9-13-17-23-19(3)16-18-25(21(23)22-4)24(6-2)20-14-11-10-12-15-20/h10-12,14-16,18-19H,5-9,13,17H2,1-4H3/p+1. The lowest BCUT2D eigenvalue weighted by atomic mass is 10.1. The molecule has 0 aliphatic carbocycles. The van der Waals surface area contributed by atoms with Gasteiger partial charge >= 0.3 is 5.96 Å². The number of unbranched alkanes of at least 4 members (excludes halogenated alkanes) is 4. The van der Waals surface area contributed by atoms with Crippen molar-refractivity contribution in [2.45, 2.75) is 58.9 Å². The van der Waals surface area contributed by atoms with Gasteiger partial charge in [0.15, 0.2) is 0 Å². The predicted octanol–water partition coefficient (Wildman–Crippen LogP) is 4.20. The molecule has 4 heteroatoms. The maximum Gasteiger partial charge on any atom is 0.375 e. The molecule has 0 aromatic heterocycles. The van der Waals surface area contributed by atoms with Gasteiger partial charge in [0.2, 0.25) is 0 Å². The summed E-state index contributed by atoms with van der Waals surface area (Å²) in [4.78, 5) is 0. The maximum absolute atomic E-state index is 3.45. The second-order valence-corrected chi connectivity index (χ2v) is 6.66. The molecule has 1 aromatic carbocycles. The van der Waals surface area contributed by atoms with E-state index in [4.69, 9.17) is 0 Å².